The molecule has 2 N–H and O–H groups in total. The Hall–Kier alpha value is -1.42. The van der Waals surface area contributed by atoms with Gasteiger partial charge in [0.05, 0.1) is 6.42 Å². The molecule has 16 heavy (non-hydrogen) atoms. The highest BCUT2D eigenvalue weighted by Gasteiger charge is 2.12. The Morgan fingerprint density at radius 2 is 2.19 bits per heavy atom. The molecule has 1 atom stereocenters. The van der Waals surface area contributed by atoms with E-state index in [1.807, 2.05) is 6.92 Å². The predicted molar refractivity (Wildman–Crippen MR) is 59.7 cm³/mol. The van der Waals surface area contributed by atoms with Gasteiger partial charge in [-0.1, -0.05) is 25.1 Å². The van der Waals surface area contributed by atoms with Crippen LogP contribution in [0.15, 0.2) is 24.3 Å². The number of carboxylic acid groups (broad SMARTS) is 1. The largest absolute Gasteiger partial charge is 0.481 e. The Morgan fingerprint density at radius 3 is 2.75 bits per heavy atom. The fourth-order valence-electron chi connectivity index (χ4n) is 1.59. The van der Waals surface area contributed by atoms with Crippen LogP contribution in [0.1, 0.15) is 31.4 Å². The number of rotatable bonds is 6. The number of benzene rings is 1. The van der Waals surface area contributed by atoms with Crippen molar-refractivity contribution in [2.75, 3.05) is 6.54 Å². The molecule has 88 valence electrons. The van der Waals surface area contributed by atoms with Gasteiger partial charge >= 0.3 is 5.97 Å². The first kappa shape index (κ1) is 12.6. The molecule has 0 bridgehead atoms. The molecule has 3 nitrogen and oxygen atoms in total. The van der Waals surface area contributed by atoms with Crippen molar-refractivity contribution < 1.29 is 14.3 Å². The summed E-state index contributed by atoms with van der Waals surface area (Å²) in [4.78, 5) is 10.4. The minimum atomic E-state index is -0.851. The standard InChI is InChI=1S/C12H16FNO2/c1-2-11(14-8-7-12(15)16)9-5-3-4-6-10(9)13/h3-6,11,14H,2,7-8H2,1H3,(H,15,16). The van der Waals surface area contributed by atoms with Crippen LogP contribution < -0.4 is 5.32 Å². The second-order valence-electron chi connectivity index (χ2n) is 3.58. The molecular weight excluding hydrogens is 209 g/mol. The van der Waals surface area contributed by atoms with E-state index in [1.165, 1.54) is 6.07 Å². The van der Waals surface area contributed by atoms with Gasteiger partial charge in [-0.05, 0) is 12.5 Å². The van der Waals surface area contributed by atoms with Crippen LogP contribution in [0.4, 0.5) is 4.39 Å². The number of carbonyl (C=O) groups is 1. The normalized spacial score (nSPS) is 12.4. The Kier molecular flexibility index (Phi) is 4.92. The maximum Gasteiger partial charge on any atom is 0.304 e. The van der Waals surface area contributed by atoms with Crippen LogP contribution >= 0.6 is 0 Å². The highest BCUT2D eigenvalue weighted by Crippen LogP contribution is 2.19. The van der Waals surface area contributed by atoms with E-state index in [0.29, 0.717) is 12.1 Å². The van der Waals surface area contributed by atoms with Gasteiger partial charge in [-0.25, -0.2) is 4.39 Å². The molecule has 1 rings (SSSR count). The number of aliphatic carboxylic acids is 1. The molecule has 0 fully saturated rings. The van der Waals surface area contributed by atoms with E-state index < -0.39 is 5.97 Å². The van der Waals surface area contributed by atoms with Crippen LogP contribution in [0.25, 0.3) is 0 Å². The molecule has 0 aliphatic carbocycles. The van der Waals surface area contributed by atoms with Gasteiger partial charge in [-0.15, -0.1) is 0 Å². The quantitative estimate of drug-likeness (QED) is 0.781. The molecule has 0 aliphatic rings. The average Bonchev–Trinajstić information content (AvgIpc) is 2.25. The Labute approximate surface area is 94.3 Å². The summed E-state index contributed by atoms with van der Waals surface area (Å²) in [6.07, 6.45) is 0.769. The Morgan fingerprint density at radius 1 is 1.50 bits per heavy atom. The number of hydrogen-bond donors (Lipinski definition) is 2. The third kappa shape index (κ3) is 3.62. The van der Waals surface area contributed by atoms with Crippen molar-refractivity contribution in [3.8, 4) is 0 Å². The van der Waals surface area contributed by atoms with Gasteiger partial charge in [0.1, 0.15) is 5.82 Å². The van der Waals surface area contributed by atoms with E-state index in [-0.39, 0.29) is 18.3 Å². The summed E-state index contributed by atoms with van der Waals surface area (Å²) >= 11 is 0. The van der Waals surface area contributed by atoms with Gasteiger partial charge < -0.3 is 10.4 Å². The van der Waals surface area contributed by atoms with Crippen molar-refractivity contribution in [1.82, 2.24) is 5.32 Å². The van der Waals surface area contributed by atoms with Crippen molar-refractivity contribution >= 4 is 5.97 Å². The molecule has 1 aromatic rings. The summed E-state index contributed by atoms with van der Waals surface area (Å²) in [5.74, 6) is -1.10. The summed E-state index contributed by atoms with van der Waals surface area (Å²) in [6.45, 7) is 2.28. The van der Waals surface area contributed by atoms with E-state index >= 15 is 0 Å². The summed E-state index contributed by atoms with van der Waals surface area (Å²) in [5.41, 5.74) is 0.593. The summed E-state index contributed by atoms with van der Waals surface area (Å²) < 4.78 is 13.5. The lowest BCUT2D eigenvalue weighted by Gasteiger charge is -2.17. The van der Waals surface area contributed by atoms with E-state index in [4.69, 9.17) is 5.11 Å². The first-order chi connectivity index (χ1) is 7.65. The van der Waals surface area contributed by atoms with Crippen LogP contribution in [-0.2, 0) is 4.79 Å². The van der Waals surface area contributed by atoms with E-state index in [1.54, 1.807) is 18.2 Å². The average molecular weight is 225 g/mol. The van der Waals surface area contributed by atoms with Gasteiger partial charge in [0.15, 0.2) is 0 Å². The lowest BCUT2D eigenvalue weighted by molar-refractivity contribution is -0.136. The highest BCUT2D eigenvalue weighted by atomic mass is 19.1. The van der Waals surface area contributed by atoms with Crippen LogP contribution in [0.5, 0.6) is 0 Å². The Balaban J connectivity index is 2.60. The summed E-state index contributed by atoms with van der Waals surface area (Å²) in [7, 11) is 0. The van der Waals surface area contributed by atoms with Crippen molar-refractivity contribution in [2.45, 2.75) is 25.8 Å². The zero-order chi connectivity index (χ0) is 12.0. The highest BCUT2D eigenvalue weighted by molar-refractivity contribution is 5.66. The molecule has 0 amide bonds. The Bertz CT molecular complexity index is 355. The SMILES string of the molecule is CCC(NCCC(=O)O)c1ccccc1F. The van der Waals surface area contributed by atoms with Crippen molar-refractivity contribution in [3.63, 3.8) is 0 Å². The predicted octanol–water partition coefficient (Wildman–Crippen LogP) is 2.34. The first-order valence-corrected chi connectivity index (χ1v) is 5.34. The molecule has 1 aromatic carbocycles. The number of halogens is 1. The second kappa shape index (κ2) is 6.23. The van der Waals surface area contributed by atoms with E-state index in [2.05, 4.69) is 5.32 Å². The van der Waals surface area contributed by atoms with Gasteiger partial charge in [0, 0.05) is 18.2 Å². The lowest BCUT2D eigenvalue weighted by Crippen LogP contribution is -2.24. The number of hydrogen-bond acceptors (Lipinski definition) is 2. The van der Waals surface area contributed by atoms with Gasteiger partial charge in [-0.3, -0.25) is 4.79 Å². The first-order valence-electron chi connectivity index (χ1n) is 5.34. The molecule has 0 radical (unpaired) electrons. The minimum Gasteiger partial charge on any atom is -0.481 e. The zero-order valence-electron chi connectivity index (χ0n) is 9.24. The van der Waals surface area contributed by atoms with Crippen molar-refractivity contribution in [1.29, 1.82) is 0 Å². The zero-order valence-corrected chi connectivity index (χ0v) is 9.24. The maximum atomic E-state index is 13.5. The molecule has 0 saturated heterocycles. The van der Waals surface area contributed by atoms with Crippen LogP contribution in [0, 0.1) is 5.82 Å². The third-order valence-electron chi connectivity index (χ3n) is 2.42. The number of nitrogens with one attached hydrogen (secondary N) is 1. The molecule has 0 saturated carbocycles. The lowest BCUT2D eigenvalue weighted by atomic mass is 10.0. The van der Waals surface area contributed by atoms with Gasteiger partial charge in [-0.2, -0.15) is 0 Å². The molecule has 4 heteroatoms. The topological polar surface area (TPSA) is 49.3 Å². The van der Waals surface area contributed by atoms with Gasteiger partial charge in [0.25, 0.3) is 0 Å². The smallest absolute Gasteiger partial charge is 0.304 e. The second-order valence-corrected chi connectivity index (χ2v) is 3.58. The summed E-state index contributed by atoms with van der Waals surface area (Å²) in [6, 6.07) is 6.43. The fraction of sp³-hybridized carbons (Fsp3) is 0.417. The third-order valence-corrected chi connectivity index (χ3v) is 2.42. The summed E-state index contributed by atoms with van der Waals surface area (Å²) in [5, 5.41) is 11.5. The molecule has 1 unspecified atom stereocenters. The molecular formula is C12H16FNO2. The maximum absolute atomic E-state index is 13.5. The van der Waals surface area contributed by atoms with E-state index in [9.17, 15) is 9.18 Å². The van der Waals surface area contributed by atoms with Crippen LogP contribution in [0.3, 0.4) is 0 Å². The van der Waals surface area contributed by atoms with E-state index in [0.717, 1.165) is 6.42 Å². The molecule has 0 spiro atoms. The molecule has 0 heterocycles. The fourth-order valence-corrected chi connectivity index (χ4v) is 1.59. The van der Waals surface area contributed by atoms with Gasteiger partial charge in [0.2, 0.25) is 0 Å². The van der Waals surface area contributed by atoms with Crippen LogP contribution in [-0.4, -0.2) is 17.6 Å². The van der Waals surface area contributed by atoms with Crippen molar-refractivity contribution in [3.05, 3.63) is 35.6 Å². The molecule has 0 aromatic heterocycles. The minimum absolute atomic E-state index is 0.0466. The molecule has 0 aliphatic heterocycles. The number of carboxylic acids is 1. The monoisotopic (exact) mass is 225 g/mol. The van der Waals surface area contributed by atoms with Crippen LogP contribution in [0.2, 0.25) is 0 Å². The van der Waals surface area contributed by atoms with Crippen molar-refractivity contribution in [2.24, 2.45) is 0 Å².